The van der Waals surface area contributed by atoms with Crippen LogP contribution in [0.2, 0.25) is 0 Å². The Morgan fingerprint density at radius 3 is 1.88 bits per heavy atom. The summed E-state index contributed by atoms with van der Waals surface area (Å²) in [4.78, 5) is 11.9. The van der Waals surface area contributed by atoms with Crippen LogP contribution in [0.15, 0.2) is 66.3 Å². The summed E-state index contributed by atoms with van der Waals surface area (Å²) < 4.78 is 0. The third-order valence-electron chi connectivity index (χ3n) is 2.51. The minimum atomic E-state index is 0. The van der Waals surface area contributed by atoms with Crippen LogP contribution in [0.5, 0.6) is 0 Å². The highest BCUT2D eigenvalue weighted by Gasteiger charge is 2.06. The molecule has 0 radical (unpaired) electrons. The van der Waals surface area contributed by atoms with E-state index in [-0.39, 0.29) is 10.5 Å². The molecular weight excluding hydrogens is 311 g/mol. The van der Waals surface area contributed by atoms with Crippen LogP contribution in [0.3, 0.4) is 0 Å². The standard InChI is InChI=1S/C15H14O.4C2H6.FH/c16-15(14-10-6-3-7-11-14)12-13-8-4-1-2-5-9-13;4*1-2;/h1,3-11H,2,12H2;4*1-2H3;1H. The van der Waals surface area contributed by atoms with Crippen molar-refractivity contribution in [2.24, 2.45) is 0 Å². The van der Waals surface area contributed by atoms with Gasteiger partial charge in [-0.15, -0.1) is 0 Å². The van der Waals surface area contributed by atoms with Gasteiger partial charge in [0.2, 0.25) is 0 Å². The number of allylic oxidation sites excluding steroid dienone is 6. The largest absolute Gasteiger partial charge is 0.294 e. The van der Waals surface area contributed by atoms with E-state index in [0.717, 1.165) is 17.6 Å². The van der Waals surface area contributed by atoms with E-state index >= 15 is 0 Å². The van der Waals surface area contributed by atoms with E-state index in [1.807, 2.05) is 104 Å². The number of hydrogen-bond donors (Lipinski definition) is 0. The molecule has 0 aliphatic heterocycles. The molecule has 0 heterocycles. The van der Waals surface area contributed by atoms with Crippen LogP contribution in [-0.4, -0.2) is 5.78 Å². The van der Waals surface area contributed by atoms with Gasteiger partial charge in [0.1, 0.15) is 0 Å². The molecule has 0 N–H and O–H groups in total. The number of ketones is 1. The third-order valence-corrected chi connectivity index (χ3v) is 2.51. The van der Waals surface area contributed by atoms with Crippen LogP contribution in [0.4, 0.5) is 4.70 Å². The van der Waals surface area contributed by atoms with E-state index in [1.165, 1.54) is 0 Å². The second-order valence-corrected chi connectivity index (χ2v) is 3.77. The molecule has 0 spiro atoms. The van der Waals surface area contributed by atoms with Crippen LogP contribution in [0, 0.1) is 0 Å². The van der Waals surface area contributed by atoms with Gasteiger partial charge >= 0.3 is 0 Å². The van der Waals surface area contributed by atoms with Crippen LogP contribution in [0.25, 0.3) is 0 Å². The maximum atomic E-state index is 11.9. The Labute approximate surface area is 155 Å². The molecule has 0 aromatic heterocycles. The van der Waals surface area contributed by atoms with Gasteiger partial charge in [0.15, 0.2) is 5.78 Å². The molecule has 1 aliphatic carbocycles. The van der Waals surface area contributed by atoms with Gasteiger partial charge in [0.25, 0.3) is 0 Å². The number of Topliss-reactive ketones (excluding diaryl/α,β-unsaturated/α-hetero) is 1. The van der Waals surface area contributed by atoms with Crippen LogP contribution >= 0.6 is 0 Å². The SMILES string of the molecule is CC.CC.CC.CC.F.O=C(CC1=CC=CCC=C1)c1ccccc1. The number of halogens is 1. The van der Waals surface area contributed by atoms with Crippen LogP contribution in [0.1, 0.15) is 78.6 Å². The number of carbonyl (C=O) groups excluding carboxylic acids is 1. The fourth-order valence-corrected chi connectivity index (χ4v) is 1.65. The van der Waals surface area contributed by atoms with Crippen molar-refractivity contribution in [3.63, 3.8) is 0 Å². The predicted octanol–water partition coefficient (Wildman–Crippen LogP) is 7.96. The first-order valence-electron chi connectivity index (χ1n) is 9.47. The van der Waals surface area contributed by atoms with Crippen molar-refractivity contribution in [3.05, 3.63) is 71.8 Å². The van der Waals surface area contributed by atoms with Crippen molar-refractivity contribution >= 4 is 5.78 Å². The predicted molar refractivity (Wildman–Crippen MR) is 114 cm³/mol. The van der Waals surface area contributed by atoms with Crippen molar-refractivity contribution in [3.8, 4) is 0 Å². The second-order valence-electron chi connectivity index (χ2n) is 3.77. The lowest BCUT2D eigenvalue weighted by Crippen LogP contribution is -1.99. The Balaban J connectivity index is -0.000000217. The lowest BCUT2D eigenvalue weighted by molar-refractivity contribution is 0.0994. The van der Waals surface area contributed by atoms with E-state index in [2.05, 4.69) is 12.2 Å². The Hall–Kier alpha value is -1.96. The molecule has 0 atom stereocenters. The van der Waals surface area contributed by atoms with Gasteiger partial charge in [0.05, 0.1) is 0 Å². The van der Waals surface area contributed by atoms with Crippen molar-refractivity contribution in [1.82, 2.24) is 0 Å². The monoisotopic (exact) mass is 350 g/mol. The van der Waals surface area contributed by atoms with Gasteiger partial charge in [-0.3, -0.25) is 9.50 Å². The highest BCUT2D eigenvalue weighted by Crippen LogP contribution is 2.13. The van der Waals surface area contributed by atoms with E-state index in [1.54, 1.807) is 0 Å². The smallest absolute Gasteiger partial charge is 0.167 e. The summed E-state index contributed by atoms with van der Waals surface area (Å²) in [5.74, 6) is 0.173. The third kappa shape index (κ3) is 16.7. The van der Waals surface area contributed by atoms with Gasteiger partial charge in [-0.1, -0.05) is 116 Å². The summed E-state index contributed by atoms with van der Waals surface area (Å²) in [6.45, 7) is 16.0. The molecule has 0 saturated heterocycles. The average Bonchev–Trinajstić information content (AvgIpc) is 2.97. The molecule has 1 nitrogen and oxygen atoms in total. The zero-order valence-electron chi connectivity index (χ0n) is 17.5. The normalized spacial score (nSPS) is 10.2. The van der Waals surface area contributed by atoms with Crippen molar-refractivity contribution in [2.45, 2.75) is 68.2 Å². The number of rotatable bonds is 3. The van der Waals surface area contributed by atoms with Gasteiger partial charge in [0, 0.05) is 12.0 Å². The number of carbonyl (C=O) groups is 1. The molecule has 1 aliphatic rings. The summed E-state index contributed by atoms with van der Waals surface area (Å²) in [5, 5.41) is 0. The maximum Gasteiger partial charge on any atom is 0.167 e. The van der Waals surface area contributed by atoms with Crippen molar-refractivity contribution < 1.29 is 9.50 Å². The zero-order valence-corrected chi connectivity index (χ0v) is 17.5. The average molecular weight is 351 g/mol. The lowest BCUT2D eigenvalue weighted by Gasteiger charge is -2.01. The number of benzene rings is 1. The van der Waals surface area contributed by atoms with Crippen LogP contribution < -0.4 is 0 Å². The first kappa shape index (κ1) is 30.9. The Bertz CT molecular complexity index is 456. The van der Waals surface area contributed by atoms with Crippen molar-refractivity contribution in [2.75, 3.05) is 0 Å². The summed E-state index contributed by atoms with van der Waals surface area (Å²) in [6.07, 6.45) is 11.6. The highest BCUT2D eigenvalue weighted by atomic mass is 19.0. The second kappa shape index (κ2) is 26.9. The minimum Gasteiger partial charge on any atom is -0.294 e. The van der Waals surface area contributed by atoms with Crippen LogP contribution in [-0.2, 0) is 0 Å². The van der Waals surface area contributed by atoms with Gasteiger partial charge < -0.3 is 0 Å². The Morgan fingerprint density at radius 1 is 0.840 bits per heavy atom. The Kier molecular flexibility index (Phi) is 33.2. The van der Waals surface area contributed by atoms with Crippen molar-refractivity contribution in [1.29, 1.82) is 0 Å². The summed E-state index contributed by atoms with van der Waals surface area (Å²) >= 11 is 0. The molecular formula is C23H39FO. The van der Waals surface area contributed by atoms with Gasteiger partial charge in [-0.25, -0.2) is 0 Å². The van der Waals surface area contributed by atoms with E-state index in [4.69, 9.17) is 0 Å². The van der Waals surface area contributed by atoms with E-state index in [9.17, 15) is 4.79 Å². The lowest BCUT2D eigenvalue weighted by atomic mass is 10.0. The molecule has 0 saturated carbocycles. The fraction of sp³-hybridized carbons (Fsp3) is 0.435. The molecule has 1 aromatic carbocycles. The first-order chi connectivity index (χ1) is 11.9. The topological polar surface area (TPSA) is 17.1 Å². The van der Waals surface area contributed by atoms with Gasteiger partial charge in [-0.05, 0) is 12.0 Å². The summed E-state index contributed by atoms with van der Waals surface area (Å²) in [5.41, 5.74) is 1.85. The summed E-state index contributed by atoms with van der Waals surface area (Å²) in [6, 6.07) is 9.43. The zero-order chi connectivity index (χ0) is 19.2. The summed E-state index contributed by atoms with van der Waals surface area (Å²) in [7, 11) is 0. The molecule has 2 heteroatoms. The molecule has 25 heavy (non-hydrogen) atoms. The first-order valence-corrected chi connectivity index (χ1v) is 9.47. The van der Waals surface area contributed by atoms with E-state index < -0.39 is 0 Å². The fourth-order valence-electron chi connectivity index (χ4n) is 1.65. The molecule has 144 valence electrons. The molecule has 2 rings (SSSR count). The molecule has 1 aromatic rings. The highest BCUT2D eigenvalue weighted by molar-refractivity contribution is 5.97. The minimum absolute atomic E-state index is 0. The quantitative estimate of drug-likeness (QED) is 0.505. The maximum absolute atomic E-state index is 11.9. The van der Waals surface area contributed by atoms with E-state index in [0.29, 0.717) is 6.42 Å². The molecule has 0 unspecified atom stereocenters. The Morgan fingerprint density at radius 2 is 1.36 bits per heavy atom. The molecule has 0 amide bonds. The molecule has 0 fully saturated rings. The molecule has 0 bridgehead atoms. The number of hydrogen-bond acceptors (Lipinski definition) is 1. The van der Waals surface area contributed by atoms with Gasteiger partial charge in [-0.2, -0.15) is 0 Å².